The first kappa shape index (κ1) is 11.4. The Balaban J connectivity index is 3.56. The lowest BCUT2D eigenvalue weighted by Crippen LogP contribution is -2.44. The van der Waals surface area contributed by atoms with Gasteiger partial charge in [0.1, 0.15) is 0 Å². The molecular formula is C8H18N2O2. The molecule has 0 saturated carbocycles. The summed E-state index contributed by atoms with van der Waals surface area (Å²) in [6, 6.07) is -0.237. The quantitative estimate of drug-likeness (QED) is 0.525. The Hall–Kier alpha value is -0.610. The number of hydrogen-bond acceptors (Lipinski definition) is 3. The van der Waals surface area contributed by atoms with Gasteiger partial charge in [-0.05, 0) is 20.8 Å². The molecule has 2 unspecified atom stereocenters. The number of amides is 1. The third-order valence-electron chi connectivity index (χ3n) is 1.46. The Labute approximate surface area is 73.3 Å². The molecule has 0 bridgehead atoms. The minimum atomic E-state index is -0.415. The summed E-state index contributed by atoms with van der Waals surface area (Å²) >= 11 is 0. The highest BCUT2D eigenvalue weighted by atomic mass is 16.3. The number of hydrogen-bond donors (Lipinski definition) is 3. The molecule has 0 saturated heterocycles. The van der Waals surface area contributed by atoms with E-state index in [1.807, 2.05) is 6.92 Å². The van der Waals surface area contributed by atoms with E-state index in [9.17, 15) is 4.79 Å². The third kappa shape index (κ3) is 5.09. The average Bonchev–Trinajstić information content (AvgIpc) is 2.00. The average molecular weight is 174 g/mol. The summed E-state index contributed by atoms with van der Waals surface area (Å²) in [5.41, 5.74) is 0. The van der Waals surface area contributed by atoms with E-state index < -0.39 is 6.10 Å². The van der Waals surface area contributed by atoms with Crippen LogP contribution in [0.4, 0.5) is 0 Å². The second-order valence-corrected chi connectivity index (χ2v) is 2.87. The first-order valence-electron chi connectivity index (χ1n) is 4.27. The van der Waals surface area contributed by atoms with Crippen LogP contribution < -0.4 is 10.6 Å². The van der Waals surface area contributed by atoms with E-state index in [2.05, 4.69) is 10.6 Å². The molecule has 0 aliphatic carbocycles. The molecule has 4 heteroatoms. The van der Waals surface area contributed by atoms with Crippen molar-refractivity contribution >= 4 is 5.91 Å². The van der Waals surface area contributed by atoms with Gasteiger partial charge in [-0.25, -0.2) is 0 Å². The van der Waals surface area contributed by atoms with Crippen molar-refractivity contribution in [3.05, 3.63) is 0 Å². The van der Waals surface area contributed by atoms with E-state index in [1.165, 1.54) is 0 Å². The Morgan fingerprint density at radius 3 is 2.50 bits per heavy atom. The van der Waals surface area contributed by atoms with Crippen LogP contribution in [-0.2, 0) is 4.79 Å². The molecule has 0 aromatic carbocycles. The normalized spacial score (nSPS) is 15.3. The number of aliphatic hydroxyl groups excluding tert-OH is 1. The van der Waals surface area contributed by atoms with Crippen molar-refractivity contribution in [2.75, 3.05) is 13.1 Å². The van der Waals surface area contributed by atoms with Gasteiger partial charge in [0.2, 0.25) is 5.91 Å². The molecule has 1 amide bonds. The minimum Gasteiger partial charge on any atom is -0.392 e. The summed E-state index contributed by atoms with van der Waals surface area (Å²) in [4.78, 5) is 11.1. The minimum absolute atomic E-state index is 0.0295. The summed E-state index contributed by atoms with van der Waals surface area (Å²) in [5.74, 6) is -0.0295. The van der Waals surface area contributed by atoms with E-state index in [1.54, 1.807) is 13.8 Å². The Morgan fingerprint density at radius 2 is 2.08 bits per heavy atom. The van der Waals surface area contributed by atoms with Crippen LogP contribution in [0.15, 0.2) is 0 Å². The van der Waals surface area contributed by atoms with Crippen LogP contribution in [0.3, 0.4) is 0 Å². The molecule has 12 heavy (non-hydrogen) atoms. The van der Waals surface area contributed by atoms with Crippen molar-refractivity contribution in [2.45, 2.75) is 32.9 Å². The number of carbonyl (C=O) groups is 1. The lowest BCUT2D eigenvalue weighted by molar-refractivity contribution is -0.122. The van der Waals surface area contributed by atoms with Crippen LogP contribution >= 0.6 is 0 Å². The molecule has 0 aromatic heterocycles. The molecule has 0 radical (unpaired) electrons. The number of aliphatic hydroxyl groups is 1. The topological polar surface area (TPSA) is 61.4 Å². The predicted octanol–water partition coefficient (Wildman–Crippen LogP) is -0.519. The van der Waals surface area contributed by atoms with Crippen LogP contribution in [0.1, 0.15) is 20.8 Å². The van der Waals surface area contributed by atoms with Crippen LogP contribution in [0.5, 0.6) is 0 Å². The number of nitrogens with one attached hydrogen (secondary N) is 2. The van der Waals surface area contributed by atoms with Gasteiger partial charge in [0, 0.05) is 13.1 Å². The number of carbonyl (C=O) groups excluding carboxylic acids is 1. The van der Waals surface area contributed by atoms with Gasteiger partial charge >= 0.3 is 0 Å². The van der Waals surface area contributed by atoms with Crippen molar-refractivity contribution in [3.8, 4) is 0 Å². The monoisotopic (exact) mass is 174 g/mol. The zero-order valence-corrected chi connectivity index (χ0v) is 7.92. The fraction of sp³-hybridized carbons (Fsp3) is 0.875. The molecule has 0 heterocycles. The highest BCUT2D eigenvalue weighted by Crippen LogP contribution is 1.83. The van der Waals surface area contributed by atoms with Crippen LogP contribution in [0, 0.1) is 0 Å². The van der Waals surface area contributed by atoms with Gasteiger partial charge in [-0.2, -0.15) is 0 Å². The first-order chi connectivity index (χ1) is 5.57. The maximum Gasteiger partial charge on any atom is 0.236 e. The Morgan fingerprint density at radius 1 is 1.50 bits per heavy atom. The van der Waals surface area contributed by atoms with Crippen molar-refractivity contribution in [2.24, 2.45) is 0 Å². The summed E-state index contributed by atoms with van der Waals surface area (Å²) in [5, 5.41) is 14.5. The predicted molar refractivity (Wildman–Crippen MR) is 47.8 cm³/mol. The molecule has 0 aliphatic rings. The van der Waals surface area contributed by atoms with Crippen molar-refractivity contribution in [1.29, 1.82) is 0 Å². The molecule has 0 aromatic rings. The van der Waals surface area contributed by atoms with Crippen LogP contribution in [0.25, 0.3) is 0 Å². The molecule has 0 fully saturated rings. The Kier molecular flexibility index (Phi) is 5.66. The molecule has 4 nitrogen and oxygen atoms in total. The van der Waals surface area contributed by atoms with Crippen molar-refractivity contribution < 1.29 is 9.90 Å². The highest BCUT2D eigenvalue weighted by Gasteiger charge is 2.10. The fourth-order valence-corrected chi connectivity index (χ4v) is 0.767. The van der Waals surface area contributed by atoms with E-state index in [4.69, 9.17) is 5.11 Å². The smallest absolute Gasteiger partial charge is 0.236 e. The highest BCUT2D eigenvalue weighted by molar-refractivity contribution is 5.81. The third-order valence-corrected chi connectivity index (χ3v) is 1.46. The van der Waals surface area contributed by atoms with E-state index in [0.29, 0.717) is 13.1 Å². The first-order valence-corrected chi connectivity index (χ1v) is 4.27. The molecule has 0 aliphatic heterocycles. The molecule has 0 rings (SSSR count). The number of likely N-dealkylation sites (N-methyl/N-ethyl adjacent to an activating group) is 1. The summed E-state index contributed by atoms with van der Waals surface area (Å²) in [6.45, 7) is 6.40. The molecule has 2 atom stereocenters. The largest absolute Gasteiger partial charge is 0.392 e. The zero-order chi connectivity index (χ0) is 9.56. The lowest BCUT2D eigenvalue weighted by Gasteiger charge is -2.13. The van der Waals surface area contributed by atoms with Gasteiger partial charge in [0.25, 0.3) is 0 Å². The van der Waals surface area contributed by atoms with Crippen LogP contribution in [0.2, 0.25) is 0 Å². The van der Waals surface area contributed by atoms with E-state index in [-0.39, 0.29) is 11.9 Å². The summed E-state index contributed by atoms with van der Waals surface area (Å²) in [6.07, 6.45) is -0.415. The molecule has 0 spiro atoms. The zero-order valence-electron chi connectivity index (χ0n) is 7.92. The Bertz CT molecular complexity index is 137. The van der Waals surface area contributed by atoms with Gasteiger partial charge in [0.15, 0.2) is 0 Å². The number of rotatable bonds is 5. The van der Waals surface area contributed by atoms with Crippen molar-refractivity contribution in [3.63, 3.8) is 0 Å². The maximum absolute atomic E-state index is 11.1. The van der Waals surface area contributed by atoms with Gasteiger partial charge in [0.05, 0.1) is 12.1 Å². The second kappa shape index (κ2) is 5.97. The van der Waals surface area contributed by atoms with Crippen LogP contribution in [-0.4, -0.2) is 36.2 Å². The molecule has 3 N–H and O–H groups in total. The molecular weight excluding hydrogens is 156 g/mol. The van der Waals surface area contributed by atoms with Gasteiger partial charge < -0.3 is 15.7 Å². The maximum atomic E-state index is 11.1. The fourth-order valence-electron chi connectivity index (χ4n) is 0.767. The summed E-state index contributed by atoms with van der Waals surface area (Å²) in [7, 11) is 0. The van der Waals surface area contributed by atoms with E-state index in [0.717, 1.165) is 0 Å². The standard InChI is InChI=1S/C8H18N2O2/c1-4-9-8(12)7(3)10-5-6(2)11/h6-7,10-11H,4-5H2,1-3H3,(H,9,12). The lowest BCUT2D eigenvalue weighted by atomic mass is 10.3. The van der Waals surface area contributed by atoms with Gasteiger partial charge in [-0.15, -0.1) is 0 Å². The van der Waals surface area contributed by atoms with Gasteiger partial charge in [-0.3, -0.25) is 4.79 Å². The summed E-state index contributed by atoms with van der Waals surface area (Å²) < 4.78 is 0. The van der Waals surface area contributed by atoms with E-state index >= 15 is 0 Å². The second-order valence-electron chi connectivity index (χ2n) is 2.87. The SMILES string of the molecule is CCNC(=O)C(C)NCC(C)O. The molecule has 72 valence electrons. The van der Waals surface area contributed by atoms with Crippen molar-refractivity contribution in [1.82, 2.24) is 10.6 Å². The van der Waals surface area contributed by atoms with Gasteiger partial charge in [-0.1, -0.05) is 0 Å².